The zero-order chi connectivity index (χ0) is 12.5. The number of nitrogens with one attached hydrogen (secondary N) is 2. The summed E-state index contributed by atoms with van der Waals surface area (Å²) in [5, 5.41) is 6.26. The number of thioether (sulfide) groups is 1. The smallest absolute Gasteiger partial charge is 0.242 e. The second-order valence-corrected chi connectivity index (χ2v) is 6.52. The van der Waals surface area contributed by atoms with Gasteiger partial charge in [0, 0.05) is 11.4 Å². The molecule has 0 saturated carbocycles. The molecule has 92 valence electrons. The van der Waals surface area contributed by atoms with Crippen molar-refractivity contribution in [3.05, 3.63) is 29.8 Å². The van der Waals surface area contributed by atoms with Crippen LogP contribution in [0.4, 0.5) is 5.69 Å². The van der Waals surface area contributed by atoms with Crippen LogP contribution in [-0.2, 0) is 4.79 Å². The summed E-state index contributed by atoms with van der Waals surface area (Å²) in [5.74, 6) is 0.874. The number of carbonyl (C=O) groups is 1. The van der Waals surface area contributed by atoms with E-state index in [0.717, 1.165) is 17.0 Å². The van der Waals surface area contributed by atoms with Crippen molar-refractivity contribution in [1.29, 1.82) is 0 Å². The Labute approximate surface area is 106 Å². The van der Waals surface area contributed by atoms with Crippen molar-refractivity contribution in [2.24, 2.45) is 0 Å². The van der Waals surface area contributed by atoms with E-state index in [1.54, 1.807) is 11.8 Å². The standard InChI is InChI=1S/C13H18N2OS/c1-9-5-4-6-10(7-9)14-12(16)11-8-17-13(2,3)15-11/h4-7,11,15H,8H2,1-3H3,(H,14,16)/t11-/m0/s1. The monoisotopic (exact) mass is 250 g/mol. The number of anilines is 1. The fourth-order valence-corrected chi connectivity index (χ4v) is 2.93. The largest absolute Gasteiger partial charge is 0.325 e. The van der Waals surface area contributed by atoms with Crippen LogP contribution in [0, 0.1) is 6.92 Å². The Morgan fingerprint density at radius 3 is 2.88 bits per heavy atom. The molecule has 1 aliphatic heterocycles. The van der Waals surface area contributed by atoms with Gasteiger partial charge in [-0.15, -0.1) is 11.8 Å². The van der Waals surface area contributed by atoms with Gasteiger partial charge in [0.1, 0.15) is 0 Å². The van der Waals surface area contributed by atoms with E-state index in [0.29, 0.717) is 0 Å². The molecule has 4 heteroatoms. The molecule has 17 heavy (non-hydrogen) atoms. The second-order valence-electron chi connectivity index (χ2n) is 4.88. The van der Waals surface area contributed by atoms with E-state index in [1.807, 2.05) is 31.2 Å². The Morgan fingerprint density at radius 2 is 2.29 bits per heavy atom. The number of benzene rings is 1. The molecule has 0 unspecified atom stereocenters. The molecule has 1 heterocycles. The average Bonchev–Trinajstić information content (AvgIpc) is 2.59. The maximum Gasteiger partial charge on any atom is 0.242 e. The Hall–Kier alpha value is -1.00. The number of rotatable bonds is 2. The Bertz CT molecular complexity index is 431. The molecule has 1 aromatic carbocycles. The molecule has 1 fully saturated rings. The molecule has 1 amide bonds. The van der Waals surface area contributed by atoms with Crippen LogP contribution >= 0.6 is 11.8 Å². The van der Waals surface area contributed by atoms with Gasteiger partial charge in [0.05, 0.1) is 10.9 Å². The minimum Gasteiger partial charge on any atom is -0.325 e. The summed E-state index contributed by atoms with van der Waals surface area (Å²) < 4.78 is 0. The maximum atomic E-state index is 12.0. The van der Waals surface area contributed by atoms with E-state index in [2.05, 4.69) is 24.5 Å². The van der Waals surface area contributed by atoms with Crippen LogP contribution in [0.5, 0.6) is 0 Å². The molecular weight excluding hydrogens is 232 g/mol. The predicted molar refractivity (Wildman–Crippen MR) is 73.3 cm³/mol. The first kappa shape index (κ1) is 12.5. The van der Waals surface area contributed by atoms with Crippen molar-refractivity contribution < 1.29 is 4.79 Å². The molecule has 0 spiro atoms. The third-order valence-electron chi connectivity index (χ3n) is 2.73. The second kappa shape index (κ2) is 4.70. The Morgan fingerprint density at radius 1 is 1.53 bits per heavy atom. The van der Waals surface area contributed by atoms with E-state index in [-0.39, 0.29) is 16.8 Å². The zero-order valence-corrected chi connectivity index (χ0v) is 11.2. The van der Waals surface area contributed by atoms with Crippen molar-refractivity contribution in [3.8, 4) is 0 Å². The van der Waals surface area contributed by atoms with Crippen LogP contribution in [0.2, 0.25) is 0 Å². The van der Waals surface area contributed by atoms with Crippen LogP contribution in [0.3, 0.4) is 0 Å². The minimum absolute atomic E-state index is 0.00535. The van der Waals surface area contributed by atoms with Crippen molar-refractivity contribution in [2.45, 2.75) is 31.7 Å². The number of aryl methyl sites for hydroxylation is 1. The van der Waals surface area contributed by atoms with Gasteiger partial charge in [-0.25, -0.2) is 0 Å². The van der Waals surface area contributed by atoms with Crippen LogP contribution < -0.4 is 10.6 Å². The summed E-state index contributed by atoms with van der Waals surface area (Å²) >= 11 is 1.78. The molecular formula is C13H18N2OS. The molecule has 3 nitrogen and oxygen atoms in total. The highest BCUT2D eigenvalue weighted by atomic mass is 32.2. The third-order valence-corrected chi connectivity index (χ3v) is 4.07. The third kappa shape index (κ3) is 3.23. The van der Waals surface area contributed by atoms with Crippen LogP contribution in [0.1, 0.15) is 19.4 Å². The van der Waals surface area contributed by atoms with Gasteiger partial charge in [0.2, 0.25) is 5.91 Å². The molecule has 2 N–H and O–H groups in total. The van der Waals surface area contributed by atoms with Crippen molar-refractivity contribution in [3.63, 3.8) is 0 Å². The highest BCUT2D eigenvalue weighted by Crippen LogP contribution is 2.29. The first-order chi connectivity index (χ1) is 7.96. The highest BCUT2D eigenvalue weighted by molar-refractivity contribution is 8.00. The predicted octanol–water partition coefficient (Wildman–Crippen LogP) is 2.37. The lowest BCUT2D eigenvalue weighted by Crippen LogP contribution is -2.43. The first-order valence-electron chi connectivity index (χ1n) is 5.75. The fourth-order valence-electron chi connectivity index (χ4n) is 1.89. The average molecular weight is 250 g/mol. The topological polar surface area (TPSA) is 41.1 Å². The van der Waals surface area contributed by atoms with Gasteiger partial charge >= 0.3 is 0 Å². The summed E-state index contributed by atoms with van der Waals surface area (Å²) in [6.45, 7) is 6.21. The zero-order valence-electron chi connectivity index (χ0n) is 10.4. The van der Waals surface area contributed by atoms with E-state index in [1.165, 1.54) is 0 Å². The number of carbonyl (C=O) groups excluding carboxylic acids is 1. The van der Waals surface area contributed by atoms with Crippen molar-refractivity contribution in [1.82, 2.24) is 5.32 Å². The van der Waals surface area contributed by atoms with Gasteiger partial charge < -0.3 is 5.32 Å². The van der Waals surface area contributed by atoms with Gasteiger partial charge in [-0.3, -0.25) is 10.1 Å². The van der Waals surface area contributed by atoms with Crippen LogP contribution in [-0.4, -0.2) is 22.6 Å². The summed E-state index contributed by atoms with van der Waals surface area (Å²) in [6.07, 6.45) is 0. The van der Waals surface area contributed by atoms with E-state index in [4.69, 9.17) is 0 Å². The Balaban J connectivity index is 1.98. The van der Waals surface area contributed by atoms with Crippen LogP contribution in [0.15, 0.2) is 24.3 Å². The number of hydrogen-bond acceptors (Lipinski definition) is 3. The fraction of sp³-hybridized carbons (Fsp3) is 0.462. The highest BCUT2D eigenvalue weighted by Gasteiger charge is 2.34. The lowest BCUT2D eigenvalue weighted by Gasteiger charge is -2.18. The Kier molecular flexibility index (Phi) is 3.45. The number of hydrogen-bond donors (Lipinski definition) is 2. The van der Waals surface area contributed by atoms with Crippen molar-refractivity contribution in [2.75, 3.05) is 11.1 Å². The van der Waals surface area contributed by atoms with Crippen molar-refractivity contribution >= 4 is 23.4 Å². The lowest BCUT2D eigenvalue weighted by molar-refractivity contribution is -0.117. The SMILES string of the molecule is Cc1cccc(NC(=O)[C@@H]2CSC(C)(C)N2)c1. The van der Waals surface area contributed by atoms with Gasteiger partial charge in [-0.05, 0) is 38.5 Å². The van der Waals surface area contributed by atoms with Gasteiger partial charge in [0.25, 0.3) is 0 Å². The normalized spacial score (nSPS) is 22.4. The molecule has 0 radical (unpaired) electrons. The molecule has 1 aromatic rings. The molecule has 2 rings (SSSR count). The van der Waals surface area contributed by atoms with Gasteiger partial charge in [0.15, 0.2) is 0 Å². The molecule has 0 aromatic heterocycles. The van der Waals surface area contributed by atoms with Crippen LogP contribution in [0.25, 0.3) is 0 Å². The summed E-state index contributed by atoms with van der Waals surface area (Å²) in [7, 11) is 0. The lowest BCUT2D eigenvalue weighted by atomic mass is 10.2. The summed E-state index contributed by atoms with van der Waals surface area (Å²) in [4.78, 5) is 12.0. The van der Waals surface area contributed by atoms with E-state index < -0.39 is 0 Å². The quantitative estimate of drug-likeness (QED) is 0.846. The van der Waals surface area contributed by atoms with Gasteiger partial charge in [-0.2, -0.15) is 0 Å². The molecule has 0 aliphatic carbocycles. The molecule has 1 aliphatic rings. The van der Waals surface area contributed by atoms with E-state index in [9.17, 15) is 4.79 Å². The molecule has 1 atom stereocenters. The molecule has 0 bridgehead atoms. The van der Waals surface area contributed by atoms with Gasteiger partial charge in [-0.1, -0.05) is 12.1 Å². The minimum atomic E-state index is -0.101. The molecule has 1 saturated heterocycles. The van der Waals surface area contributed by atoms with E-state index >= 15 is 0 Å². The number of amides is 1. The summed E-state index contributed by atoms with van der Waals surface area (Å²) in [6, 6.07) is 7.76. The summed E-state index contributed by atoms with van der Waals surface area (Å²) in [5.41, 5.74) is 2.02. The first-order valence-corrected chi connectivity index (χ1v) is 6.74. The maximum absolute atomic E-state index is 12.0.